The Morgan fingerprint density at radius 3 is 2.31 bits per heavy atom. The fourth-order valence-electron chi connectivity index (χ4n) is 4.28. The highest BCUT2D eigenvalue weighted by atomic mass is 79.9. The summed E-state index contributed by atoms with van der Waals surface area (Å²) in [6.07, 6.45) is 0. The third kappa shape index (κ3) is 6.37. The summed E-state index contributed by atoms with van der Waals surface area (Å²) >= 11 is 5.24. The summed E-state index contributed by atoms with van der Waals surface area (Å²) in [6.45, 7) is 11.2. The normalized spacial score (nSPS) is 11.5. The van der Waals surface area contributed by atoms with Gasteiger partial charge in [-0.25, -0.2) is 4.79 Å². The summed E-state index contributed by atoms with van der Waals surface area (Å²) < 4.78 is 8.35. The van der Waals surface area contributed by atoms with E-state index in [0.29, 0.717) is 34.9 Å². The van der Waals surface area contributed by atoms with E-state index in [4.69, 9.17) is 4.74 Å². The third-order valence-corrected chi connectivity index (χ3v) is 7.44. The maximum atomic E-state index is 13.3. The maximum Gasteiger partial charge on any atom is 0.340 e. The summed E-state index contributed by atoms with van der Waals surface area (Å²) in [5.74, 6) is 0.914. The van der Waals surface area contributed by atoms with E-state index in [2.05, 4.69) is 72.5 Å². The number of aromatic hydroxyl groups is 1. The van der Waals surface area contributed by atoms with E-state index in [0.717, 1.165) is 27.1 Å². The van der Waals surface area contributed by atoms with Gasteiger partial charge in [0.05, 0.1) is 22.2 Å². The van der Waals surface area contributed by atoms with Crippen molar-refractivity contribution < 1.29 is 14.6 Å². The van der Waals surface area contributed by atoms with Crippen LogP contribution in [0, 0.1) is 0 Å². The number of nitrogens with zero attached hydrogens (tertiary/aromatic N) is 2. The predicted octanol–water partition coefficient (Wildman–Crippen LogP) is 7.77. The van der Waals surface area contributed by atoms with Crippen LogP contribution in [0.2, 0.25) is 0 Å². The van der Waals surface area contributed by atoms with Crippen molar-refractivity contribution in [3.8, 4) is 5.75 Å². The molecule has 0 radical (unpaired) electrons. The van der Waals surface area contributed by atoms with E-state index in [1.165, 1.54) is 5.56 Å². The number of carbonyl (C=O) groups is 1. The lowest BCUT2D eigenvalue weighted by molar-refractivity contribution is 0.0527. The number of carbonyl (C=O) groups excluding carboxylic acids is 1. The minimum Gasteiger partial charge on any atom is -0.506 e. The number of phenolic OH excluding ortho intramolecular Hbond substituents is 1. The monoisotopic (exact) mass is 582 g/mol. The van der Waals surface area contributed by atoms with Gasteiger partial charge in [0.2, 0.25) is 0 Å². The van der Waals surface area contributed by atoms with Crippen LogP contribution in [-0.4, -0.2) is 41.2 Å². The SMILES string of the molecule is CCOC(=O)c1c(CSc2ccc(C(C)C)cc2)n(C(C)C)c2cc(Br)c(O)c(CN(C)C)c12.Cl. The largest absolute Gasteiger partial charge is 0.506 e. The molecule has 3 rings (SSSR count). The molecule has 0 unspecified atom stereocenters. The zero-order chi connectivity index (χ0) is 25.2. The predicted molar refractivity (Wildman–Crippen MR) is 152 cm³/mol. The Hall–Kier alpha value is -1.67. The average molecular weight is 584 g/mol. The molecule has 0 saturated heterocycles. The van der Waals surface area contributed by atoms with E-state index < -0.39 is 0 Å². The lowest BCUT2D eigenvalue weighted by atomic mass is 10.0. The first-order valence-electron chi connectivity index (χ1n) is 11.7. The van der Waals surface area contributed by atoms with Crippen LogP contribution in [-0.2, 0) is 17.0 Å². The Morgan fingerprint density at radius 2 is 1.80 bits per heavy atom. The topological polar surface area (TPSA) is 54.7 Å². The second-order valence-electron chi connectivity index (χ2n) is 9.34. The fraction of sp³-hybridized carbons (Fsp3) is 0.444. The van der Waals surface area contributed by atoms with Crippen molar-refractivity contribution in [2.75, 3.05) is 20.7 Å². The van der Waals surface area contributed by atoms with Gasteiger partial charge in [0.25, 0.3) is 0 Å². The molecule has 0 bridgehead atoms. The summed E-state index contributed by atoms with van der Waals surface area (Å²) in [6, 6.07) is 10.7. The number of thioether (sulfide) groups is 1. The lowest BCUT2D eigenvalue weighted by Crippen LogP contribution is -2.13. The molecule has 5 nitrogen and oxygen atoms in total. The van der Waals surface area contributed by atoms with E-state index in [-0.39, 0.29) is 30.2 Å². The molecule has 0 aliphatic rings. The highest BCUT2D eigenvalue weighted by Crippen LogP contribution is 2.42. The third-order valence-electron chi connectivity index (χ3n) is 5.81. The Labute approximate surface area is 227 Å². The first-order valence-corrected chi connectivity index (χ1v) is 13.5. The summed E-state index contributed by atoms with van der Waals surface area (Å²) in [5.41, 5.74) is 4.42. The van der Waals surface area contributed by atoms with Gasteiger partial charge in [-0.15, -0.1) is 24.2 Å². The standard InChI is InChI=1S/C27H35BrN2O3S.ClH/c1-8-33-27(32)25-23(15-34-19-11-9-18(10-12-19)16(2)3)30(17(4)5)22-13-21(28)26(31)20(24(22)25)14-29(6)7;/h9-13,16-17,31H,8,14-15H2,1-7H3;1H. The number of hydrogen-bond acceptors (Lipinski definition) is 5. The lowest BCUT2D eigenvalue weighted by Gasteiger charge is -2.17. The fourth-order valence-corrected chi connectivity index (χ4v) is 5.65. The molecule has 3 aromatic rings. The molecule has 0 saturated carbocycles. The molecule has 192 valence electrons. The molecule has 0 fully saturated rings. The number of fused-ring (bicyclic) bond motifs is 1. The second kappa shape index (κ2) is 12.5. The van der Waals surface area contributed by atoms with Crippen molar-refractivity contribution in [3.63, 3.8) is 0 Å². The van der Waals surface area contributed by atoms with Crippen LogP contribution in [0.1, 0.15) is 73.8 Å². The molecular formula is C27H36BrClN2O3S. The molecule has 2 aromatic carbocycles. The summed E-state index contributed by atoms with van der Waals surface area (Å²) in [7, 11) is 3.90. The van der Waals surface area contributed by atoms with Crippen LogP contribution in [0.4, 0.5) is 0 Å². The first-order chi connectivity index (χ1) is 16.1. The van der Waals surface area contributed by atoms with Gasteiger partial charge in [-0.05, 0) is 80.5 Å². The molecule has 0 aliphatic heterocycles. The van der Waals surface area contributed by atoms with Gasteiger partial charge in [-0.1, -0.05) is 26.0 Å². The van der Waals surface area contributed by atoms with Crippen LogP contribution in [0.25, 0.3) is 10.9 Å². The number of benzene rings is 2. The van der Waals surface area contributed by atoms with Crippen molar-refractivity contribution in [1.82, 2.24) is 9.47 Å². The van der Waals surface area contributed by atoms with Gasteiger partial charge in [0.15, 0.2) is 0 Å². The van der Waals surface area contributed by atoms with Gasteiger partial charge in [0, 0.05) is 39.9 Å². The number of rotatable bonds is 9. The minimum atomic E-state index is -0.348. The molecule has 1 heterocycles. The van der Waals surface area contributed by atoms with Crippen LogP contribution in [0.3, 0.4) is 0 Å². The molecule has 0 amide bonds. The summed E-state index contributed by atoms with van der Waals surface area (Å²) in [5, 5.41) is 11.7. The maximum absolute atomic E-state index is 13.3. The first kappa shape index (κ1) is 29.6. The van der Waals surface area contributed by atoms with E-state index >= 15 is 0 Å². The summed E-state index contributed by atoms with van der Waals surface area (Å²) in [4.78, 5) is 16.5. The number of phenols is 1. The minimum absolute atomic E-state index is 0. The number of esters is 1. The zero-order valence-electron chi connectivity index (χ0n) is 21.5. The Kier molecular flexibility index (Phi) is 10.6. The molecule has 1 N–H and O–H groups in total. The van der Waals surface area contributed by atoms with E-state index in [9.17, 15) is 9.90 Å². The van der Waals surface area contributed by atoms with E-state index in [1.54, 1.807) is 11.8 Å². The highest BCUT2D eigenvalue weighted by molar-refractivity contribution is 9.10. The molecule has 0 atom stereocenters. The van der Waals surface area contributed by atoms with Crippen molar-refractivity contribution in [1.29, 1.82) is 0 Å². The molecule has 0 aliphatic carbocycles. The van der Waals surface area contributed by atoms with Crippen LogP contribution >= 0.6 is 40.1 Å². The van der Waals surface area contributed by atoms with Crippen molar-refractivity contribution in [2.45, 2.75) is 63.8 Å². The van der Waals surface area contributed by atoms with E-state index in [1.807, 2.05) is 32.0 Å². The quantitative estimate of drug-likeness (QED) is 0.206. The number of aromatic nitrogens is 1. The molecule has 0 spiro atoms. The molecule has 8 heteroatoms. The van der Waals surface area contributed by atoms with Gasteiger partial charge < -0.3 is 19.3 Å². The molecule has 1 aromatic heterocycles. The van der Waals surface area contributed by atoms with Crippen molar-refractivity contribution in [2.24, 2.45) is 0 Å². The Balaban J connectivity index is 0.00000432. The van der Waals surface area contributed by atoms with Gasteiger partial charge in [-0.3, -0.25) is 0 Å². The van der Waals surface area contributed by atoms with Crippen molar-refractivity contribution in [3.05, 3.63) is 57.2 Å². The zero-order valence-corrected chi connectivity index (χ0v) is 24.7. The number of hydrogen-bond donors (Lipinski definition) is 1. The molecule has 35 heavy (non-hydrogen) atoms. The smallest absolute Gasteiger partial charge is 0.340 e. The van der Waals surface area contributed by atoms with Gasteiger partial charge in [0.1, 0.15) is 5.75 Å². The van der Waals surface area contributed by atoms with Crippen molar-refractivity contribution >= 4 is 57.0 Å². The molecular weight excluding hydrogens is 548 g/mol. The second-order valence-corrected chi connectivity index (χ2v) is 11.2. The average Bonchev–Trinajstić information content (AvgIpc) is 3.09. The van der Waals surface area contributed by atoms with Crippen LogP contribution in [0.15, 0.2) is 39.7 Å². The Morgan fingerprint density at radius 1 is 1.17 bits per heavy atom. The van der Waals surface area contributed by atoms with Crippen LogP contribution < -0.4 is 0 Å². The Bertz CT molecular complexity index is 1170. The van der Waals surface area contributed by atoms with Gasteiger partial charge in [-0.2, -0.15) is 0 Å². The van der Waals surface area contributed by atoms with Crippen LogP contribution in [0.5, 0.6) is 5.75 Å². The number of ether oxygens (including phenoxy) is 1. The highest BCUT2D eigenvalue weighted by Gasteiger charge is 2.29. The number of halogens is 2. The van der Waals surface area contributed by atoms with Gasteiger partial charge >= 0.3 is 5.97 Å².